The lowest BCUT2D eigenvalue weighted by atomic mass is 10.1. The summed E-state index contributed by atoms with van der Waals surface area (Å²) in [7, 11) is 3.20. The molecule has 1 aromatic rings. The van der Waals surface area contributed by atoms with Crippen molar-refractivity contribution in [3.63, 3.8) is 0 Å². The molecule has 0 radical (unpaired) electrons. The summed E-state index contributed by atoms with van der Waals surface area (Å²) in [6, 6.07) is 0. The second-order valence-electron chi connectivity index (χ2n) is 7.63. The summed E-state index contributed by atoms with van der Waals surface area (Å²) >= 11 is 0. The van der Waals surface area contributed by atoms with Gasteiger partial charge in [-0.3, -0.25) is 14.3 Å². The van der Waals surface area contributed by atoms with Gasteiger partial charge in [0.25, 0.3) is 5.91 Å². The van der Waals surface area contributed by atoms with E-state index < -0.39 is 18.3 Å². The second-order valence-corrected chi connectivity index (χ2v) is 7.63. The van der Waals surface area contributed by atoms with Gasteiger partial charge in [-0.05, 0) is 19.3 Å². The molecule has 1 saturated heterocycles. The largest absolute Gasteiger partial charge is 0.388 e. The molecular formula is C20H34N4O6. The molecule has 0 aromatic carbocycles. The summed E-state index contributed by atoms with van der Waals surface area (Å²) in [5.74, 6) is -0.257. The van der Waals surface area contributed by atoms with Gasteiger partial charge in [0, 0.05) is 60.1 Å². The number of hydrogen-bond donors (Lipinski definition) is 2. The summed E-state index contributed by atoms with van der Waals surface area (Å²) in [6.07, 6.45) is 2.24. The number of aromatic nitrogens is 2. The summed E-state index contributed by atoms with van der Waals surface area (Å²) in [5.41, 5.74) is 0.529. The first-order chi connectivity index (χ1) is 14.3. The first kappa shape index (κ1) is 24.3. The number of carbonyl (C=O) groups excluding carboxylic acids is 2. The normalized spacial score (nSPS) is 25.4. The molecule has 0 saturated carbocycles. The summed E-state index contributed by atoms with van der Waals surface area (Å²) in [4.78, 5) is 28.3. The maximum absolute atomic E-state index is 12.9. The number of aryl methyl sites for hydroxylation is 1. The molecular weight excluding hydrogens is 392 g/mol. The van der Waals surface area contributed by atoms with E-state index >= 15 is 0 Å². The monoisotopic (exact) mass is 426 g/mol. The zero-order chi connectivity index (χ0) is 22.1. The fourth-order valence-corrected chi connectivity index (χ4v) is 3.46. The first-order valence-electron chi connectivity index (χ1n) is 10.3. The molecule has 2 heterocycles. The number of carbonyl (C=O) groups is 2. The van der Waals surface area contributed by atoms with Gasteiger partial charge in [0.1, 0.15) is 18.3 Å². The van der Waals surface area contributed by atoms with Crippen molar-refractivity contribution in [3.8, 4) is 0 Å². The summed E-state index contributed by atoms with van der Waals surface area (Å²) < 4.78 is 12.4. The number of nitrogens with zero attached hydrogens (tertiary/aromatic N) is 4. The lowest BCUT2D eigenvalue weighted by Crippen LogP contribution is -2.48. The lowest BCUT2D eigenvalue weighted by Gasteiger charge is -2.31. The predicted molar refractivity (Wildman–Crippen MR) is 109 cm³/mol. The van der Waals surface area contributed by atoms with Gasteiger partial charge in [0.2, 0.25) is 5.91 Å². The van der Waals surface area contributed by atoms with E-state index in [4.69, 9.17) is 9.47 Å². The van der Waals surface area contributed by atoms with Crippen LogP contribution in [0.25, 0.3) is 0 Å². The van der Waals surface area contributed by atoms with E-state index in [-0.39, 0.29) is 25.0 Å². The van der Waals surface area contributed by atoms with Gasteiger partial charge in [-0.1, -0.05) is 0 Å². The maximum atomic E-state index is 12.9. The highest BCUT2D eigenvalue weighted by molar-refractivity contribution is 5.93. The van der Waals surface area contributed by atoms with Gasteiger partial charge in [-0.2, -0.15) is 5.10 Å². The minimum Gasteiger partial charge on any atom is -0.388 e. The fraction of sp³-hybridized carbons (Fsp3) is 0.750. The van der Waals surface area contributed by atoms with Crippen molar-refractivity contribution >= 4 is 11.8 Å². The zero-order valence-electron chi connectivity index (χ0n) is 18.1. The van der Waals surface area contributed by atoms with Crippen LogP contribution >= 0.6 is 0 Å². The highest BCUT2D eigenvalue weighted by Gasteiger charge is 2.29. The predicted octanol–water partition coefficient (Wildman–Crippen LogP) is -0.352. The Morgan fingerprint density at radius 2 is 1.87 bits per heavy atom. The maximum Gasteiger partial charge on any atom is 0.257 e. The van der Waals surface area contributed by atoms with Crippen LogP contribution in [-0.4, -0.2) is 106 Å². The Labute approximate surface area is 177 Å². The molecule has 0 unspecified atom stereocenters. The van der Waals surface area contributed by atoms with E-state index in [0.29, 0.717) is 44.6 Å². The summed E-state index contributed by atoms with van der Waals surface area (Å²) in [6.45, 7) is 3.43. The molecule has 0 bridgehead atoms. The van der Waals surface area contributed by atoms with E-state index in [9.17, 15) is 19.8 Å². The van der Waals surface area contributed by atoms with Gasteiger partial charge in [-0.15, -0.1) is 0 Å². The zero-order valence-corrected chi connectivity index (χ0v) is 18.1. The number of aliphatic hydroxyl groups is 2. The number of methoxy groups -OCH3 is 1. The van der Waals surface area contributed by atoms with Crippen molar-refractivity contribution in [2.24, 2.45) is 7.05 Å². The van der Waals surface area contributed by atoms with Crippen LogP contribution < -0.4 is 0 Å². The van der Waals surface area contributed by atoms with Gasteiger partial charge in [0.15, 0.2) is 0 Å². The van der Waals surface area contributed by atoms with Crippen molar-refractivity contribution in [1.82, 2.24) is 19.6 Å². The molecule has 1 aromatic heterocycles. The molecule has 10 nitrogen and oxygen atoms in total. The number of ether oxygens (including phenoxy) is 2. The molecule has 0 aliphatic carbocycles. The third-order valence-electron chi connectivity index (χ3n) is 5.27. The average Bonchev–Trinajstić information content (AvgIpc) is 3.15. The van der Waals surface area contributed by atoms with Crippen LogP contribution in [0.15, 0.2) is 12.4 Å². The number of rotatable bonds is 2. The Morgan fingerprint density at radius 3 is 2.50 bits per heavy atom. The van der Waals surface area contributed by atoms with Crippen molar-refractivity contribution in [3.05, 3.63) is 18.0 Å². The van der Waals surface area contributed by atoms with Gasteiger partial charge < -0.3 is 29.5 Å². The fourth-order valence-electron chi connectivity index (χ4n) is 3.46. The van der Waals surface area contributed by atoms with E-state index in [2.05, 4.69) is 5.10 Å². The molecule has 2 rings (SSSR count). The van der Waals surface area contributed by atoms with Crippen molar-refractivity contribution in [1.29, 1.82) is 0 Å². The molecule has 1 aliphatic rings. The Morgan fingerprint density at radius 1 is 1.17 bits per heavy atom. The van der Waals surface area contributed by atoms with Crippen molar-refractivity contribution < 1.29 is 29.3 Å². The Kier molecular flexibility index (Phi) is 9.70. The summed E-state index contributed by atoms with van der Waals surface area (Å²) in [5, 5.41) is 24.7. The van der Waals surface area contributed by atoms with Crippen LogP contribution in [0.2, 0.25) is 0 Å². The Balaban J connectivity index is 2.11. The van der Waals surface area contributed by atoms with E-state index in [1.807, 2.05) is 0 Å². The van der Waals surface area contributed by atoms with Crippen molar-refractivity contribution in [2.45, 2.75) is 44.5 Å². The van der Waals surface area contributed by atoms with Crippen LogP contribution in [-0.2, 0) is 21.3 Å². The third kappa shape index (κ3) is 7.05. The van der Waals surface area contributed by atoms with Crippen LogP contribution in [0.5, 0.6) is 0 Å². The van der Waals surface area contributed by atoms with Crippen LogP contribution in [0.4, 0.5) is 0 Å². The number of amides is 2. The quantitative estimate of drug-likeness (QED) is 0.664. The molecule has 2 N–H and O–H groups in total. The van der Waals surface area contributed by atoms with E-state index in [1.54, 1.807) is 33.9 Å². The van der Waals surface area contributed by atoms with Crippen LogP contribution in [0.1, 0.15) is 36.5 Å². The molecule has 1 fully saturated rings. The molecule has 10 heteroatoms. The Bertz CT molecular complexity index is 682. The van der Waals surface area contributed by atoms with Crippen LogP contribution in [0.3, 0.4) is 0 Å². The first-order valence-corrected chi connectivity index (χ1v) is 10.3. The molecule has 30 heavy (non-hydrogen) atoms. The topological polar surface area (TPSA) is 117 Å². The highest BCUT2D eigenvalue weighted by Crippen LogP contribution is 2.11. The SMILES string of the molecule is CO[C@H]1CN(C(C)=O)CCCN(C(=O)c2cnn(C)c2)CCCCOC[C@H](O)[C@@H]1O. The van der Waals surface area contributed by atoms with Crippen molar-refractivity contribution in [2.75, 3.05) is 46.5 Å². The molecule has 0 spiro atoms. The second kappa shape index (κ2) is 12.0. The minimum atomic E-state index is -1.18. The van der Waals surface area contributed by atoms with Gasteiger partial charge in [-0.25, -0.2) is 0 Å². The van der Waals surface area contributed by atoms with E-state index in [1.165, 1.54) is 14.0 Å². The Hall–Kier alpha value is -2.01. The molecule has 3 atom stereocenters. The van der Waals surface area contributed by atoms with E-state index in [0.717, 1.165) is 6.42 Å². The highest BCUT2D eigenvalue weighted by atomic mass is 16.5. The average molecular weight is 427 g/mol. The molecule has 1 aliphatic heterocycles. The minimum absolute atomic E-state index is 0.0283. The molecule has 170 valence electrons. The smallest absolute Gasteiger partial charge is 0.257 e. The lowest BCUT2D eigenvalue weighted by molar-refractivity contribution is -0.136. The van der Waals surface area contributed by atoms with Gasteiger partial charge in [0.05, 0.1) is 18.4 Å². The number of hydrogen-bond acceptors (Lipinski definition) is 7. The standard InChI is InChI=1S/C20H34N4O6/c1-15(25)24-9-6-8-23(20(28)16-11-21-22(2)12-16)7-4-5-10-30-14-17(26)19(27)18(13-24)29-3/h11-12,17-19,26-27H,4-10,13-14H2,1-3H3/t17-,18-,19-/m0/s1. The van der Waals surface area contributed by atoms with Crippen LogP contribution in [0, 0.1) is 0 Å². The molecule has 2 amide bonds. The number of aliphatic hydroxyl groups excluding tert-OH is 2. The van der Waals surface area contributed by atoms with Gasteiger partial charge >= 0.3 is 0 Å². The third-order valence-corrected chi connectivity index (χ3v) is 5.27.